The second-order valence-corrected chi connectivity index (χ2v) is 7.25. The number of β-amino-alcohol motifs (C(OH)–C–C–N with tert-alkyl or cyclic N) is 1. The summed E-state index contributed by atoms with van der Waals surface area (Å²) >= 11 is 0. The highest BCUT2D eigenvalue weighted by Crippen LogP contribution is 2.18. The number of benzene rings is 1. The third-order valence-corrected chi connectivity index (χ3v) is 4.80. The number of piperazine rings is 1. The maximum atomic E-state index is 12.2. The minimum Gasteiger partial charge on any atom is -0.390 e. The molecule has 3 rings (SSSR count). The summed E-state index contributed by atoms with van der Waals surface area (Å²) in [5, 5.41) is 13.0. The van der Waals surface area contributed by atoms with Crippen LogP contribution in [0.4, 0.5) is 10.5 Å². The predicted octanol–water partition coefficient (Wildman–Crippen LogP) is 0.500. The van der Waals surface area contributed by atoms with Crippen LogP contribution in [0.5, 0.6) is 0 Å². The minimum atomic E-state index is -0.891. The van der Waals surface area contributed by atoms with Crippen molar-refractivity contribution >= 4 is 17.6 Å². The average molecular weight is 346 g/mol. The zero-order valence-corrected chi connectivity index (χ0v) is 14.8. The lowest BCUT2D eigenvalue weighted by Crippen LogP contribution is -2.50. The van der Waals surface area contributed by atoms with Crippen LogP contribution in [-0.2, 0) is 4.79 Å². The first-order chi connectivity index (χ1) is 11.9. The lowest BCUT2D eigenvalue weighted by Gasteiger charge is -2.37. The van der Waals surface area contributed by atoms with Crippen LogP contribution in [-0.4, -0.2) is 77.8 Å². The SMILES string of the molecule is CC1(C)NC(=O)N(C[C@H](O)CN2CCN(c3ccccc3)CC2)C1=O. The molecule has 2 aliphatic heterocycles. The van der Waals surface area contributed by atoms with Gasteiger partial charge in [0.25, 0.3) is 5.91 Å². The van der Waals surface area contributed by atoms with Gasteiger partial charge in [-0.2, -0.15) is 0 Å². The van der Waals surface area contributed by atoms with Gasteiger partial charge in [-0.3, -0.25) is 14.6 Å². The van der Waals surface area contributed by atoms with E-state index < -0.39 is 17.7 Å². The quantitative estimate of drug-likeness (QED) is 0.760. The number of carbonyl (C=O) groups excluding carboxylic acids is 2. The van der Waals surface area contributed by atoms with E-state index in [0.29, 0.717) is 6.54 Å². The van der Waals surface area contributed by atoms with Crippen LogP contribution >= 0.6 is 0 Å². The molecule has 0 unspecified atom stereocenters. The summed E-state index contributed by atoms with van der Waals surface area (Å²) in [5.74, 6) is -0.287. The molecule has 2 fully saturated rings. The summed E-state index contributed by atoms with van der Waals surface area (Å²) in [4.78, 5) is 29.7. The first-order valence-corrected chi connectivity index (χ1v) is 8.71. The summed E-state index contributed by atoms with van der Waals surface area (Å²) in [6.45, 7) is 7.31. The number of para-hydroxylation sites is 1. The van der Waals surface area contributed by atoms with E-state index in [1.807, 2.05) is 18.2 Å². The number of rotatable bonds is 5. The zero-order chi connectivity index (χ0) is 18.0. The van der Waals surface area contributed by atoms with Gasteiger partial charge in [0.05, 0.1) is 12.6 Å². The molecule has 7 heteroatoms. The number of carbonyl (C=O) groups is 2. The molecule has 0 saturated carbocycles. The van der Waals surface area contributed by atoms with E-state index in [0.717, 1.165) is 31.1 Å². The molecule has 25 heavy (non-hydrogen) atoms. The zero-order valence-electron chi connectivity index (χ0n) is 14.8. The Bertz CT molecular complexity index is 626. The number of nitrogens with one attached hydrogen (secondary N) is 1. The Balaban J connectivity index is 1.48. The van der Waals surface area contributed by atoms with E-state index in [1.54, 1.807) is 13.8 Å². The van der Waals surface area contributed by atoms with Crippen molar-refractivity contribution in [2.75, 3.05) is 44.2 Å². The summed E-state index contributed by atoms with van der Waals surface area (Å²) in [7, 11) is 0. The van der Waals surface area contributed by atoms with Crippen molar-refractivity contribution in [1.82, 2.24) is 15.1 Å². The van der Waals surface area contributed by atoms with Crippen molar-refractivity contribution in [1.29, 1.82) is 0 Å². The van der Waals surface area contributed by atoms with Gasteiger partial charge in [0.2, 0.25) is 0 Å². The third kappa shape index (κ3) is 3.93. The fourth-order valence-electron chi connectivity index (χ4n) is 3.38. The van der Waals surface area contributed by atoms with Crippen LogP contribution in [0.15, 0.2) is 30.3 Å². The fourth-order valence-corrected chi connectivity index (χ4v) is 3.38. The second-order valence-electron chi connectivity index (χ2n) is 7.25. The predicted molar refractivity (Wildman–Crippen MR) is 95.4 cm³/mol. The van der Waals surface area contributed by atoms with Gasteiger partial charge in [-0.05, 0) is 26.0 Å². The number of urea groups is 1. The topological polar surface area (TPSA) is 76.1 Å². The molecule has 2 saturated heterocycles. The summed E-state index contributed by atoms with van der Waals surface area (Å²) in [6.07, 6.45) is -0.744. The van der Waals surface area contributed by atoms with Crippen molar-refractivity contribution in [3.8, 4) is 0 Å². The number of amides is 3. The minimum absolute atomic E-state index is 0.0347. The van der Waals surface area contributed by atoms with Crippen molar-refractivity contribution in [2.45, 2.75) is 25.5 Å². The van der Waals surface area contributed by atoms with Crippen LogP contribution in [0.2, 0.25) is 0 Å². The second kappa shape index (κ2) is 7.01. The number of aliphatic hydroxyl groups is 1. The van der Waals surface area contributed by atoms with E-state index >= 15 is 0 Å². The van der Waals surface area contributed by atoms with E-state index in [2.05, 4.69) is 27.2 Å². The van der Waals surface area contributed by atoms with Crippen LogP contribution < -0.4 is 10.2 Å². The maximum Gasteiger partial charge on any atom is 0.325 e. The normalized spacial score (nSPS) is 22.2. The molecule has 0 spiro atoms. The van der Waals surface area contributed by atoms with Crippen LogP contribution in [0.1, 0.15) is 13.8 Å². The highest BCUT2D eigenvalue weighted by atomic mass is 16.3. The first kappa shape index (κ1) is 17.7. The summed E-state index contributed by atoms with van der Waals surface area (Å²) < 4.78 is 0. The van der Waals surface area contributed by atoms with Crippen LogP contribution in [0, 0.1) is 0 Å². The molecule has 0 bridgehead atoms. The Kier molecular flexibility index (Phi) is 4.96. The van der Waals surface area contributed by atoms with E-state index in [4.69, 9.17) is 0 Å². The molecular weight excluding hydrogens is 320 g/mol. The molecule has 3 amide bonds. The van der Waals surface area contributed by atoms with E-state index in [1.165, 1.54) is 5.69 Å². The highest BCUT2D eigenvalue weighted by Gasteiger charge is 2.44. The molecule has 1 atom stereocenters. The van der Waals surface area contributed by atoms with Gasteiger partial charge in [0.15, 0.2) is 0 Å². The van der Waals surface area contributed by atoms with Gasteiger partial charge >= 0.3 is 6.03 Å². The molecule has 1 aromatic rings. The Hall–Kier alpha value is -2.12. The molecule has 7 nitrogen and oxygen atoms in total. The Morgan fingerprint density at radius 2 is 1.72 bits per heavy atom. The Morgan fingerprint density at radius 3 is 2.28 bits per heavy atom. The molecule has 0 radical (unpaired) electrons. The van der Waals surface area contributed by atoms with Crippen molar-refractivity contribution < 1.29 is 14.7 Å². The Morgan fingerprint density at radius 1 is 1.08 bits per heavy atom. The van der Waals surface area contributed by atoms with Crippen molar-refractivity contribution in [3.05, 3.63) is 30.3 Å². The van der Waals surface area contributed by atoms with Gasteiger partial charge in [0.1, 0.15) is 5.54 Å². The van der Waals surface area contributed by atoms with Crippen LogP contribution in [0.25, 0.3) is 0 Å². The third-order valence-electron chi connectivity index (χ3n) is 4.80. The standard InChI is InChI=1S/C18H26N4O3/c1-18(2)16(24)22(17(25)19-18)13-15(23)12-20-8-10-21(11-9-20)14-6-4-3-5-7-14/h3-7,15,23H,8-13H2,1-2H3,(H,19,25)/t15-/m1/s1. The van der Waals surface area contributed by atoms with E-state index in [-0.39, 0.29) is 12.5 Å². The molecule has 1 aromatic carbocycles. The van der Waals surface area contributed by atoms with Gasteiger partial charge in [0, 0.05) is 38.4 Å². The van der Waals surface area contributed by atoms with E-state index in [9.17, 15) is 14.7 Å². The Labute approximate surface area is 148 Å². The van der Waals surface area contributed by atoms with Gasteiger partial charge in [-0.25, -0.2) is 4.79 Å². The molecule has 0 aliphatic carbocycles. The molecular formula is C18H26N4O3. The number of anilines is 1. The smallest absolute Gasteiger partial charge is 0.325 e. The number of hydrogen-bond acceptors (Lipinski definition) is 5. The molecule has 2 N–H and O–H groups in total. The average Bonchev–Trinajstić information content (AvgIpc) is 2.78. The maximum absolute atomic E-state index is 12.2. The van der Waals surface area contributed by atoms with Crippen molar-refractivity contribution in [3.63, 3.8) is 0 Å². The number of aliphatic hydroxyl groups excluding tert-OH is 1. The lowest BCUT2D eigenvalue weighted by molar-refractivity contribution is -0.131. The molecule has 136 valence electrons. The van der Waals surface area contributed by atoms with Gasteiger partial charge in [-0.1, -0.05) is 18.2 Å². The summed E-state index contributed by atoms with van der Waals surface area (Å²) in [5.41, 5.74) is 0.322. The molecule has 0 aromatic heterocycles. The highest BCUT2D eigenvalue weighted by molar-refractivity contribution is 6.06. The fraction of sp³-hybridized carbons (Fsp3) is 0.556. The molecule has 2 aliphatic rings. The van der Waals surface area contributed by atoms with Crippen LogP contribution in [0.3, 0.4) is 0 Å². The number of imide groups is 1. The van der Waals surface area contributed by atoms with Gasteiger partial charge in [-0.15, -0.1) is 0 Å². The monoisotopic (exact) mass is 346 g/mol. The van der Waals surface area contributed by atoms with Crippen molar-refractivity contribution in [2.24, 2.45) is 0 Å². The largest absolute Gasteiger partial charge is 0.390 e. The summed E-state index contributed by atoms with van der Waals surface area (Å²) in [6, 6.07) is 9.85. The number of hydrogen-bond donors (Lipinski definition) is 2. The molecule has 2 heterocycles. The number of nitrogens with zero attached hydrogens (tertiary/aromatic N) is 3. The lowest BCUT2D eigenvalue weighted by atomic mass is 10.1. The first-order valence-electron chi connectivity index (χ1n) is 8.71. The van der Waals surface area contributed by atoms with Gasteiger partial charge < -0.3 is 15.3 Å².